The van der Waals surface area contributed by atoms with Crippen molar-refractivity contribution < 1.29 is 9.72 Å². The van der Waals surface area contributed by atoms with Gasteiger partial charge in [0, 0.05) is 43.2 Å². The maximum absolute atomic E-state index is 12.3. The van der Waals surface area contributed by atoms with Gasteiger partial charge in [-0.2, -0.15) is 0 Å². The number of aryl methyl sites for hydroxylation is 1. The second-order valence-corrected chi connectivity index (χ2v) is 4.78. The Labute approximate surface area is 122 Å². The Morgan fingerprint density at radius 3 is 2.52 bits per heavy atom. The van der Waals surface area contributed by atoms with E-state index in [1.807, 2.05) is 12.1 Å². The largest absolute Gasteiger partial charge is 0.337 e. The third-order valence-corrected chi connectivity index (χ3v) is 3.16. The number of nitro benzene ring substituents is 1. The summed E-state index contributed by atoms with van der Waals surface area (Å²) in [4.78, 5) is 28.1. The van der Waals surface area contributed by atoms with E-state index in [0.29, 0.717) is 17.7 Å². The van der Waals surface area contributed by atoms with E-state index in [4.69, 9.17) is 0 Å². The second kappa shape index (κ2) is 6.13. The number of amides is 1. The minimum absolute atomic E-state index is 0.0170. The molecule has 21 heavy (non-hydrogen) atoms. The Balaban J connectivity index is 2.16. The highest BCUT2D eigenvalue weighted by atomic mass is 16.6. The molecule has 1 heterocycles. The number of benzene rings is 1. The van der Waals surface area contributed by atoms with Crippen molar-refractivity contribution in [2.75, 3.05) is 7.05 Å². The lowest BCUT2D eigenvalue weighted by atomic mass is 10.1. The van der Waals surface area contributed by atoms with Gasteiger partial charge >= 0.3 is 0 Å². The van der Waals surface area contributed by atoms with Crippen LogP contribution in [-0.4, -0.2) is 27.8 Å². The summed E-state index contributed by atoms with van der Waals surface area (Å²) in [5, 5.41) is 10.8. The fourth-order valence-electron chi connectivity index (χ4n) is 2.05. The molecule has 0 radical (unpaired) electrons. The minimum atomic E-state index is -0.454. The number of hydrogen-bond acceptors (Lipinski definition) is 4. The van der Waals surface area contributed by atoms with Crippen LogP contribution in [0.3, 0.4) is 0 Å². The molecule has 0 aliphatic carbocycles. The van der Waals surface area contributed by atoms with E-state index < -0.39 is 4.92 Å². The SMILES string of the molecule is Cc1cc(C(=O)N(C)Cc2ccncc2)ccc1[N+](=O)[O-]. The monoisotopic (exact) mass is 285 g/mol. The van der Waals surface area contributed by atoms with E-state index in [1.165, 1.54) is 12.1 Å². The number of rotatable bonds is 4. The van der Waals surface area contributed by atoms with E-state index in [-0.39, 0.29) is 11.6 Å². The average molecular weight is 285 g/mol. The molecule has 1 aromatic heterocycles. The van der Waals surface area contributed by atoms with Crippen molar-refractivity contribution in [1.29, 1.82) is 0 Å². The molecule has 1 aromatic carbocycles. The van der Waals surface area contributed by atoms with E-state index in [0.717, 1.165) is 5.56 Å². The molecule has 108 valence electrons. The first kappa shape index (κ1) is 14.6. The van der Waals surface area contributed by atoms with Gasteiger partial charge in [-0.15, -0.1) is 0 Å². The highest BCUT2D eigenvalue weighted by Crippen LogP contribution is 2.19. The highest BCUT2D eigenvalue weighted by molar-refractivity contribution is 5.94. The van der Waals surface area contributed by atoms with Crippen molar-refractivity contribution in [3.05, 3.63) is 69.5 Å². The summed E-state index contributed by atoms with van der Waals surface area (Å²) >= 11 is 0. The normalized spacial score (nSPS) is 10.2. The molecule has 2 rings (SSSR count). The molecular weight excluding hydrogens is 270 g/mol. The van der Waals surface area contributed by atoms with E-state index in [1.54, 1.807) is 37.3 Å². The van der Waals surface area contributed by atoms with Crippen LogP contribution in [0.1, 0.15) is 21.5 Å². The topological polar surface area (TPSA) is 76.3 Å². The van der Waals surface area contributed by atoms with Crippen molar-refractivity contribution in [2.45, 2.75) is 13.5 Å². The van der Waals surface area contributed by atoms with Crippen LogP contribution >= 0.6 is 0 Å². The van der Waals surface area contributed by atoms with E-state index >= 15 is 0 Å². The first-order valence-electron chi connectivity index (χ1n) is 6.38. The van der Waals surface area contributed by atoms with Crippen LogP contribution in [0.25, 0.3) is 0 Å². The summed E-state index contributed by atoms with van der Waals surface area (Å²) in [7, 11) is 1.69. The molecular formula is C15H15N3O3. The molecule has 0 bridgehead atoms. The standard InChI is InChI=1S/C15H15N3O3/c1-11-9-13(3-4-14(11)18(20)21)15(19)17(2)10-12-5-7-16-8-6-12/h3-9H,10H2,1-2H3. The molecule has 6 nitrogen and oxygen atoms in total. The van der Waals surface area contributed by atoms with Gasteiger partial charge in [-0.05, 0) is 36.8 Å². The van der Waals surface area contributed by atoms with E-state index in [9.17, 15) is 14.9 Å². The smallest absolute Gasteiger partial charge is 0.272 e. The van der Waals surface area contributed by atoms with Crippen LogP contribution in [0.4, 0.5) is 5.69 Å². The Morgan fingerprint density at radius 2 is 1.95 bits per heavy atom. The van der Waals surface area contributed by atoms with Crippen molar-refractivity contribution in [3.8, 4) is 0 Å². The Bertz CT molecular complexity index is 671. The van der Waals surface area contributed by atoms with Gasteiger partial charge in [0.15, 0.2) is 0 Å². The summed E-state index contributed by atoms with van der Waals surface area (Å²) in [5.74, 6) is -0.176. The van der Waals surface area contributed by atoms with Crippen molar-refractivity contribution in [1.82, 2.24) is 9.88 Å². The maximum Gasteiger partial charge on any atom is 0.272 e. The number of carbonyl (C=O) groups excluding carboxylic acids is 1. The summed E-state index contributed by atoms with van der Waals surface area (Å²) < 4.78 is 0. The Morgan fingerprint density at radius 1 is 1.29 bits per heavy atom. The summed E-state index contributed by atoms with van der Waals surface area (Å²) in [6.45, 7) is 2.08. The lowest BCUT2D eigenvalue weighted by Crippen LogP contribution is -2.26. The average Bonchev–Trinajstić information content (AvgIpc) is 2.47. The number of nitrogens with zero attached hydrogens (tertiary/aromatic N) is 3. The third kappa shape index (κ3) is 3.42. The van der Waals surface area contributed by atoms with Crippen LogP contribution in [0.15, 0.2) is 42.7 Å². The fraction of sp³-hybridized carbons (Fsp3) is 0.200. The Kier molecular flexibility index (Phi) is 4.27. The van der Waals surface area contributed by atoms with Gasteiger partial charge in [-0.25, -0.2) is 0 Å². The number of nitro groups is 1. The maximum atomic E-state index is 12.3. The molecule has 0 aliphatic rings. The summed E-state index contributed by atoms with van der Waals surface area (Å²) in [5.41, 5.74) is 1.90. The predicted molar refractivity (Wildman–Crippen MR) is 77.9 cm³/mol. The molecule has 0 spiro atoms. The van der Waals surface area contributed by atoms with Gasteiger partial charge in [0.2, 0.25) is 0 Å². The number of pyridine rings is 1. The first-order chi connectivity index (χ1) is 9.99. The number of carbonyl (C=O) groups is 1. The predicted octanol–water partition coefficient (Wildman–Crippen LogP) is 2.57. The van der Waals surface area contributed by atoms with Gasteiger partial charge in [-0.1, -0.05) is 0 Å². The molecule has 0 saturated heterocycles. The van der Waals surface area contributed by atoms with Crippen molar-refractivity contribution in [3.63, 3.8) is 0 Å². The van der Waals surface area contributed by atoms with Crippen molar-refractivity contribution in [2.24, 2.45) is 0 Å². The lowest BCUT2D eigenvalue weighted by molar-refractivity contribution is -0.385. The molecule has 0 N–H and O–H groups in total. The first-order valence-corrected chi connectivity index (χ1v) is 6.38. The van der Waals surface area contributed by atoms with E-state index in [2.05, 4.69) is 4.98 Å². The summed E-state index contributed by atoms with van der Waals surface area (Å²) in [6, 6.07) is 8.07. The second-order valence-electron chi connectivity index (χ2n) is 4.78. The molecule has 0 saturated carbocycles. The van der Waals surface area contributed by atoms with Crippen LogP contribution in [0.2, 0.25) is 0 Å². The minimum Gasteiger partial charge on any atom is -0.337 e. The summed E-state index contributed by atoms with van der Waals surface area (Å²) in [6.07, 6.45) is 3.34. The number of hydrogen-bond donors (Lipinski definition) is 0. The van der Waals surface area contributed by atoms with Gasteiger partial charge in [0.25, 0.3) is 11.6 Å². The lowest BCUT2D eigenvalue weighted by Gasteiger charge is -2.17. The molecule has 0 atom stereocenters. The van der Waals surface area contributed by atoms with Gasteiger partial charge in [-0.3, -0.25) is 19.9 Å². The van der Waals surface area contributed by atoms with Crippen LogP contribution < -0.4 is 0 Å². The van der Waals surface area contributed by atoms with Gasteiger partial charge < -0.3 is 4.90 Å². The van der Waals surface area contributed by atoms with Gasteiger partial charge in [0.05, 0.1) is 4.92 Å². The molecule has 0 fully saturated rings. The highest BCUT2D eigenvalue weighted by Gasteiger charge is 2.16. The van der Waals surface area contributed by atoms with Crippen LogP contribution in [0, 0.1) is 17.0 Å². The zero-order valence-corrected chi connectivity index (χ0v) is 11.8. The zero-order valence-electron chi connectivity index (χ0n) is 11.8. The quantitative estimate of drug-likeness (QED) is 0.639. The molecule has 2 aromatic rings. The van der Waals surface area contributed by atoms with Crippen LogP contribution in [0.5, 0.6) is 0 Å². The third-order valence-electron chi connectivity index (χ3n) is 3.16. The fourth-order valence-corrected chi connectivity index (χ4v) is 2.05. The molecule has 1 amide bonds. The van der Waals surface area contributed by atoms with Gasteiger partial charge in [0.1, 0.15) is 0 Å². The zero-order chi connectivity index (χ0) is 15.4. The molecule has 6 heteroatoms. The molecule has 0 unspecified atom stereocenters. The Hall–Kier alpha value is -2.76. The number of aromatic nitrogens is 1. The molecule has 0 aliphatic heterocycles. The van der Waals surface area contributed by atoms with Crippen molar-refractivity contribution >= 4 is 11.6 Å². The van der Waals surface area contributed by atoms with Crippen LogP contribution in [-0.2, 0) is 6.54 Å².